The first kappa shape index (κ1) is 8.98. The van der Waals surface area contributed by atoms with Gasteiger partial charge in [0.15, 0.2) is 0 Å². The summed E-state index contributed by atoms with van der Waals surface area (Å²) >= 11 is 3.58. The van der Waals surface area contributed by atoms with E-state index in [9.17, 15) is 0 Å². The molecule has 0 atom stereocenters. The van der Waals surface area contributed by atoms with Gasteiger partial charge >= 0.3 is 0 Å². The van der Waals surface area contributed by atoms with Crippen molar-refractivity contribution >= 4 is 22.0 Å². The number of allylic oxidation sites excluding steroid dienone is 1. The van der Waals surface area contributed by atoms with Crippen LogP contribution in [0.4, 0.5) is 0 Å². The predicted octanol–water partition coefficient (Wildman–Crippen LogP) is 4.28. The lowest BCUT2D eigenvalue weighted by Crippen LogP contribution is -1.85. The van der Waals surface area contributed by atoms with Gasteiger partial charge in [-0.05, 0) is 41.8 Å². The second kappa shape index (κ2) is 3.38. The zero-order chi connectivity index (χ0) is 10.3. The molecule has 0 saturated heterocycles. The van der Waals surface area contributed by atoms with Gasteiger partial charge in [-0.25, -0.2) is 0 Å². The normalized spacial score (nSPS) is 13.1. The van der Waals surface area contributed by atoms with Crippen LogP contribution in [-0.4, -0.2) is 0 Å². The Balaban J connectivity index is 2.19. The predicted molar refractivity (Wildman–Crippen MR) is 64.6 cm³/mol. The number of benzene rings is 1. The highest BCUT2D eigenvalue weighted by Gasteiger charge is 2.12. The third-order valence-electron chi connectivity index (χ3n) is 2.65. The molecule has 3 rings (SSSR count). The van der Waals surface area contributed by atoms with Gasteiger partial charge in [-0.3, -0.25) is 0 Å². The van der Waals surface area contributed by atoms with Gasteiger partial charge in [0.1, 0.15) is 5.76 Å². The van der Waals surface area contributed by atoms with Gasteiger partial charge < -0.3 is 4.42 Å². The van der Waals surface area contributed by atoms with E-state index < -0.39 is 0 Å². The zero-order valence-corrected chi connectivity index (χ0v) is 9.62. The molecule has 0 unspecified atom stereocenters. The van der Waals surface area contributed by atoms with Crippen LogP contribution in [0.2, 0.25) is 0 Å². The van der Waals surface area contributed by atoms with E-state index in [2.05, 4.69) is 40.2 Å². The summed E-state index contributed by atoms with van der Waals surface area (Å²) in [5, 5.41) is 0. The van der Waals surface area contributed by atoms with Gasteiger partial charge in [0.25, 0.3) is 0 Å². The lowest BCUT2D eigenvalue weighted by atomic mass is 10.0. The Morgan fingerprint density at radius 1 is 1.27 bits per heavy atom. The number of fused-ring (bicyclic) bond motifs is 1. The number of rotatable bonds is 1. The van der Waals surface area contributed by atoms with Crippen LogP contribution in [0.15, 0.2) is 45.5 Å². The summed E-state index contributed by atoms with van der Waals surface area (Å²) in [6.07, 6.45) is 7.07. The average Bonchev–Trinajstić information content (AvgIpc) is 2.85. The highest BCUT2D eigenvalue weighted by Crippen LogP contribution is 2.33. The summed E-state index contributed by atoms with van der Waals surface area (Å²) in [7, 11) is 0. The first-order chi connectivity index (χ1) is 7.34. The van der Waals surface area contributed by atoms with E-state index in [0.717, 1.165) is 22.2 Å². The van der Waals surface area contributed by atoms with Crippen LogP contribution in [0, 0.1) is 0 Å². The second-order valence-electron chi connectivity index (χ2n) is 3.61. The number of halogens is 1. The van der Waals surface area contributed by atoms with Gasteiger partial charge in [-0.1, -0.05) is 28.1 Å². The maximum Gasteiger partial charge on any atom is 0.134 e. The molecule has 0 N–H and O–H groups in total. The van der Waals surface area contributed by atoms with Crippen LogP contribution >= 0.6 is 15.9 Å². The Hall–Kier alpha value is -1.28. The molecule has 0 bridgehead atoms. The molecule has 1 aromatic carbocycles. The average molecular weight is 261 g/mol. The monoisotopic (exact) mass is 260 g/mol. The van der Waals surface area contributed by atoms with Crippen molar-refractivity contribution in [3.63, 3.8) is 0 Å². The van der Waals surface area contributed by atoms with Crippen molar-refractivity contribution < 1.29 is 4.42 Å². The maximum atomic E-state index is 5.41. The van der Waals surface area contributed by atoms with Crippen molar-refractivity contribution in [1.29, 1.82) is 0 Å². The summed E-state index contributed by atoms with van der Waals surface area (Å²) in [5.41, 5.74) is 3.80. The quantitative estimate of drug-likeness (QED) is 0.746. The lowest BCUT2D eigenvalue weighted by molar-refractivity contribution is 0.582. The van der Waals surface area contributed by atoms with Crippen LogP contribution in [0.25, 0.3) is 17.4 Å². The Morgan fingerprint density at radius 3 is 3.00 bits per heavy atom. The molecule has 2 heteroatoms. The molecule has 0 saturated carbocycles. The SMILES string of the molecule is Brc1cc2c(cc1-c1ccco1)CC=C2. The zero-order valence-electron chi connectivity index (χ0n) is 8.03. The summed E-state index contributed by atoms with van der Waals surface area (Å²) in [5.74, 6) is 0.913. The lowest BCUT2D eigenvalue weighted by Gasteiger charge is -2.05. The molecule has 1 nitrogen and oxygen atoms in total. The largest absolute Gasteiger partial charge is 0.464 e. The molecule has 0 amide bonds. The molecule has 15 heavy (non-hydrogen) atoms. The van der Waals surface area contributed by atoms with Crippen LogP contribution in [0.5, 0.6) is 0 Å². The Bertz CT molecular complexity index is 524. The van der Waals surface area contributed by atoms with Gasteiger partial charge in [-0.2, -0.15) is 0 Å². The first-order valence-corrected chi connectivity index (χ1v) is 5.67. The molecule has 1 aromatic heterocycles. The minimum atomic E-state index is 0.913. The first-order valence-electron chi connectivity index (χ1n) is 4.87. The highest BCUT2D eigenvalue weighted by atomic mass is 79.9. The molecule has 0 fully saturated rings. The summed E-state index contributed by atoms with van der Waals surface area (Å²) in [6.45, 7) is 0. The molecule has 74 valence electrons. The molecule has 0 aliphatic heterocycles. The molecule has 0 radical (unpaired) electrons. The third-order valence-corrected chi connectivity index (χ3v) is 3.31. The minimum absolute atomic E-state index is 0.913. The van der Waals surface area contributed by atoms with Crippen molar-refractivity contribution in [1.82, 2.24) is 0 Å². The molecular weight excluding hydrogens is 252 g/mol. The van der Waals surface area contributed by atoms with Crippen molar-refractivity contribution in [3.8, 4) is 11.3 Å². The number of hydrogen-bond donors (Lipinski definition) is 0. The van der Waals surface area contributed by atoms with Crippen molar-refractivity contribution in [2.75, 3.05) is 0 Å². The van der Waals surface area contributed by atoms with Crippen LogP contribution < -0.4 is 0 Å². The molecular formula is C13H9BrO. The van der Waals surface area contributed by atoms with E-state index in [1.165, 1.54) is 11.1 Å². The topological polar surface area (TPSA) is 13.1 Å². The van der Waals surface area contributed by atoms with E-state index in [1.54, 1.807) is 6.26 Å². The van der Waals surface area contributed by atoms with E-state index in [0.29, 0.717) is 0 Å². The Labute approximate surface area is 96.5 Å². The van der Waals surface area contributed by atoms with E-state index in [4.69, 9.17) is 4.42 Å². The third kappa shape index (κ3) is 1.45. The van der Waals surface area contributed by atoms with Gasteiger partial charge in [0.2, 0.25) is 0 Å². The molecule has 1 heterocycles. The molecule has 2 aromatic rings. The van der Waals surface area contributed by atoms with E-state index in [1.807, 2.05) is 12.1 Å². The fourth-order valence-corrected chi connectivity index (χ4v) is 2.46. The maximum absolute atomic E-state index is 5.41. The molecule has 1 aliphatic carbocycles. The minimum Gasteiger partial charge on any atom is -0.464 e. The number of hydrogen-bond acceptors (Lipinski definition) is 1. The summed E-state index contributed by atoms with van der Waals surface area (Å²) in [6, 6.07) is 8.23. The van der Waals surface area contributed by atoms with Gasteiger partial charge in [0, 0.05) is 10.0 Å². The van der Waals surface area contributed by atoms with Crippen molar-refractivity contribution in [3.05, 3.63) is 52.2 Å². The Kier molecular flexibility index (Phi) is 2.03. The van der Waals surface area contributed by atoms with Crippen molar-refractivity contribution in [2.45, 2.75) is 6.42 Å². The summed E-state index contributed by atoms with van der Waals surface area (Å²) in [4.78, 5) is 0. The van der Waals surface area contributed by atoms with Gasteiger partial charge in [0.05, 0.1) is 6.26 Å². The standard InChI is InChI=1S/C13H9BrO/c14-12-8-10-4-1-3-9(10)7-11(12)13-5-2-6-15-13/h1-2,4-8H,3H2. The van der Waals surface area contributed by atoms with Crippen molar-refractivity contribution in [2.24, 2.45) is 0 Å². The fraction of sp³-hybridized carbons (Fsp3) is 0.0769. The van der Waals surface area contributed by atoms with E-state index >= 15 is 0 Å². The van der Waals surface area contributed by atoms with Crippen LogP contribution in [0.3, 0.4) is 0 Å². The van der Waals surface area contributed by atoms with E-state index in [-0.39, 0.29) is 0 Å². The molecule has 1 aliphatic rings. The van der Waals surface area contributed by atoms with Crippen LogP contribution in [-0.2, 0) is 6.42 Å². The smallest absolute Gasteiger partial charge is 0.134 e. The summed E-state index contributed by atoms with van der Waals surface area (Å²) < 4.78 is 6.50. The van der Waals surface area contributed by atoms with Gasteiger partial charge in [-0.15, -0.1) is 0 Å². The second-order valence-corrected chi connectivity index (χ2v) is 4.47. The molecule has 0 spiro atoms. The Morgan fingerprint density at radius 2 is 2.20 bits per heavy atom. The number of furan rings is 1. The fourth-order valence-electron chi connectivity index (χ4n) is 1.90. The van der Waals surface area contributed by atoms with Crippen LogP contribution in [0.1, 0.15) is 11.1 Å². The highest BCUT2D eigenvalue weighted by molar-refractivity contribution is 9.10.